The monoisotopic (exact) mass is 319 g/mol. The van der Waals surface area contributed by atoms with Gasteiger partial charge in [-0.3, -0.25) is 4.79 Å². The zero-order valence-corrected chi connectivity index (χ0v) is 12.5. The van der Waals surface area contributed by atoms with Crippen LogP contribution in [0.1, 0.15) is 35.2 Å². The molecule has 1 aromatic carbocycles. The second-order valence-corrected chi connectivity index (χ2v) is 5.19. The van der Waals surface area contributed by atoms with Gasteiger partial charge in [0.05, 0.1) is 0 Å². The van der Waals surface area contributed by atoms with Crippen molar-refractivity contribution in [2.45, 2.75) is 25.4 Å². The number of ether oxygens (including phenoxy) is 1. The molecule has 1 atom stereocenters. The van der Waals surface area contributed by atoms with E-state index < -0.39 is 17.9 Å². The Morgan fingerprint density at radius 1 is 1.26 bits per heavy atom. The van der Waals surface area contributed by atoms with Gasteiger partial charge in [-0.05, 0) is 36.6 Å². The third-order valence-electron chi connectivity index (χ3n) is 3.39. The minimum atomic E-state index is -1.69. The fourth-order valence-corrected chi connectivity index (χ4v) is 2.25. The highest BCUT2D eigenvalue weighted by atomic mass is 19.1. The van der Waals surface area contributed by atoms with E-state index in [4.69, 9.17) is 10.5 Å². The number of phenols is 1. The Bertz CT molecular complexity index is 667. The molecular formula is C17H18FNO4. The SMILES string of the molecule is Nc1cc(O)c2c(c1)C=CCCCC(=O)C(F)C=CCOC2=O. The number of carbonyl (C=O) groups excluding carboxylic acids is 2. The number of esters is 1. The number of nitrogens with two attached hydrogens (primary N) is 1. The molecule has 3 N–H and O–H groups in total. The molecule has 6 heteroatoms. The zero-order valence-electron chi connectivity index (χ0n) is 12.5. The van der Waals surface area contributed by atoms with E-state index in [2.05, 4.69) is 0 Å². The highest BCUT2D eigenvalue weighted by Crippen LogP contribution is 2.27. The minimum absolute atomic E-state index is 0.00813. The van der Waals surface area contributed by atoms with Gasteiger partial charge in [-0.1, -0.05) is 12.2 Å². The maximum absolute atomic E-state index is 13.5. The lowest BCUT2D eigenvalue weighted by atomic mass is 10.0. The molecule has 0 aliphatic carbocycles. The first-order chi connectivity index (χ1) is 11.0. The van der Waals surface area contributed by atoms with Gasteiger partial charge in [0.2, 0.25) is 0 Å². The van der Waals surface area contributed by atoms with Crippen molar-refractivity contribution in [2.24, 2.45) is 0 Å². The van der Waals surface area contributed by atoms with Crippen LogP contribution in [0.15, 0.2) is 30.4 Å². The molecular weight excluding hydrogens is 301 g/mol. The molecule has 1 aliphatic heterocycles. The van der Waals surface area contributed by atoms with Gasteiger partial charge in [0.15, 0.2) is 12.0 Å². The van der Waals surface area contributed by atoms with E-state index in [9.17, 15) is 19.1 Å². The predicted molar refractivity (Wildman–Crippen MR) is 84.7 cm³/mol. The first-order valence-electron chi connectivity index (χ1n) is 7.28. The van der Waals surface area contributed by atoms with Gasteiger partial charge in [0, 0.05) is 18.2 Å². The maximum atomic E-state index is 13.5. The fraction of sp³-hybridized carbons (Fsp3) is 0.294. The van der Waals surface area contributed by atoms with Crippen LogP contribution in [0.5, 0.6) is 5.75 Å². The second-order valence-electron chi connectivity index (χ2n) is 5.19. The fourth-order valence-electron chi connectivity index (χ4n) is 2.25. The van der Waals surface area contributed by atoms with E-state index in [-0.39, 0.29) is 24.3 Å². The summed E-state index contributed by atoms with van der Waals surface area (Å²) in [6.07, 6.45) is 5.19. The maximum Gasteiger partial charge on any atom is 0.342 e. The quantitative estimate of drug-likeness (QED) is 0.436. The Morgan fingerprint density at radius 3 is 2.83 bits per heavy atom. The van der Waals surface area contributed by atoms with Crippen LogP contribution < -0.4 is 5.73 Å². The summed E-state index contributed by atoms with van der Waals surface area (Å²) >= 11 is 0. The van der Waals surface area contributed by atoms with Crippen molar-refractivity contribution >= 4 is 23.5 Å². The van der Waals surface area contributed by atoms with Crippen LogP contribution in [0.25, 0.3) is 6.08 Å². The number of cyclic esters (lactones) is 1. The van der Waals surface area contributed by atoms with Crippen molar-refractivity contribution in [1.29, 1.82) is 0 Å². The van der Waals surface area contributed by atoms with Crippen LogP contribution >= 0.6 is 0 Å². The molecule has 1 aromatic rings. The molecule has 0 amide bonds. The van der Waals surface area contributed by atoms with Gasteiger partial charge in [0.25, 0.3) is 0 Å². The number of aromatic hydroxyl groups is 1. The summed E-state index contributed by atoms with van der Waals surface area (Å²) < 4.78 is 18.5. The number of carbonyl (C=O) groups is 2. The van der Waals surface area contributed by atoms with E-state index in [1.165, 1.54) is 12.1 Å². The number of allylic oxidation sites excluding steroid dienone is 2. The number of fused-ring (bicyclic) bond motifs is 1. The molecule has 122 valence electrons. The molecule has 0 saturated carbocycles. The number of ketones is 1. The van der Waals surface area contributed by atoms with Gasteiger partial charge in [0.1, 0.15) is 17.9 Å². The normalized spacial score (nSPS) is 19.8. The first kappa shape index (κ1) is 16.7. The lowest BCUT2D eigenvalue weighted by molar-refractivity contribution is -0.122. The van der Waals surface area contributed by atoms with Gasteiger partial charge in [-0.25, -0.2) is 9.18 Å². The van der Waals surface area contributed by atoms with Crippen molar-refractivity contribution in [3.8, 4) is 5.75 Å². The van der Waals surface area contributed by atoms with Gasteiger partial charge in [-0.15, -0.1) is 0 Å². The van der Waals surface area contributed by atoms with Crippen molar-refractivity contribution in [1.82, 2.24) is 0 Å². The molecule has 2 rings (SSSR count). The van der Waals surface area contributed by atoms with Crippen molar-refractivity contribution in [2.75, 3.05) is 12.3 Å². The molecule has 23 heavy (non-hydrogen) atoms. The average molecular weight is 319 g/mol. The summed E-state index contributed by atoms with van der Waals surface area (Å²) in [4.78, 5) is 23.6. The molecule has 0 saturated heterocycles. The van der Waals surface area contributed by atoms with Crippen LogP contribution in [0.2, 0.25) is 0 Å². The summed E-state index contributed by atoms with van der Waals surface area (Å²) in [6, 6.07) is 2.82. The highest BCUT2D eigenvalue weighted by molar-refractivity contribution is 5.97. The number of alkyl halides is 1. The Kier molecular flexibility index (Phi) is 5.51. The van der Waals surface area contributed by atoms with E-state index in [1.54, 1.807) is 18.2 Å². The summed E-state index contributed by atoms with van der Waals surface area (Å²) in [5, 5.41) is 9.95. The van der Waals surface area contributed by atoms with Gasteiger partial charge < -0.3 is 15.6 Å². The Morgan fingerprint density at radius 2 is 2.04 bits per heavy atom. The Balaban J connectivity index is 2.32. The molecule has 0 radical (unpaired) electrons. The third-order valence-corrected chi connectivity index (χ3v) is 3.39. The van der Waals surface area contributed by atoms with Crippen LogP contribution in [0.4, 0.5) is 10.1 Å². The lowest BCUT2D eigenvalue weighted by Crippen LogP contribution is -2.13. The molecule has 0 fully saturated rings. The number of nitrogen functional groups attached to an aromatic ring is 1. The van der Waals surface area contributed by atoms with Crippen molar-refractivity contribution in [3.63, 3.8) is 0 Å². The molecule has 1 unspecified atom stereocenters. The molecule has 1 heterocycles. The largest absolute Gasteiger partial charge is 0.507 e. The van der Waals surface area contributed by atoms with Crippen LogP contribution in [-0.4, -0.2) is 29.6 Å². The first-order valence-corrected chi connectivity index (χ1v) is 7.28. The number of benzene rings is 1. The summed E-state index contributed by atoms with van der Waals surface area (Å²) in [5.41, 5.74) is 6.44. The number of halogens is 1. The molecule has 5 nitrogen and oxygen atoms in total. The lowest BCUT2D eigenvalue weighted by Gasteiger charge is -2.10. The number of phenolic OH excluding ortho intramolecular Hbond substituents is 1. The summed E-state index contributed by atoms with van der Waals surface area (Å²) in [6.45, 7) is -0.195. The number of rotatable bonds is 0. The van der Waals surface area contributed by atoms with Crippen LogP contribution in [-0.2, 0) is 9.53 Å². The topological polar surface area (TPSA) is 89.6 Å². The number of anilines is 1. The smallest absolute Gasteiger partial charge is 0.342 e. The van der Waals surface area contributed by atoms with Gasteiger partial charge >= 0.3 is 5.97 Å². The predicted octanol–water partition coefficient (Wildman–Crippen LogP) is 2.79. The Labute approximate surface area is 133 Å². The number of Topliss-reactive ketones (excluding diaryl/α,β-unsaturated/α-hetero) is 1. The number of hydrogen-bond donors (Lipinski definition) is 2. The zero-order chi connectivity index (χ0) is 16.8. The second kappa shape index (κ2) is 7.58. The molecule has 0 aromatic heterocycles. The van der Waals surface area contributed by atoms with E-state index >= 15 is 0 Å². The van der Waals surface area contributed by atoms with Crippen LogP contribution in [0, 0.1) is 0 Å². The average Bonchev–Trinajstić information content (AvgIpc) is 2.49. The minimum Gasteiger partial charge on any atom is -0.507 e. The molecule has 0 bridgehead atoms. The summed E-state index contributed by atoms with van der Waals surface area (Å²) in [7, 11) is 0. The molecule has 1 aliphatic rings. The van der Waals surface area contributed by atoms with E-state index in [0.717, 1.165) is 6.08 Å². The highest BCUT2D eigenvalue weighted by Gasteiger charge is 2.18. The van der Waals surface area contributed by atoms with E-state index in [0.29, 0.717) is 24.1 Å². The molecule has 0 spiro atoms. The van der Waals surface area contributed by atoms with Crippen molar-refractivity contribution < 1.29 is 23.8 Å². The number of hydrogen-bond acceptors (Lipinski definition) is 5. The standard InChI is InChI=1S/C17H18FNO4/c18-13-6-4-8-23-17(22)16-11(9-12(19)10-15(16)21)5-2-1-3-7-14(13)20/h2,4-6,9-10,13,21H,1,3,7-8,19H2. The third kappa shape index (κ3) is 4.42. The van der Waals surface area contributed by atoms with E-state index in [1.807, 2.05) is 0 Å². The van der Waals surface area contributed by atoms with Crippen LogP contribution in [0.3, 0.4) is 0 Å². The summed E-state index contributed by atoms with van der Waals surface area (Å²) in [5.74, 6) is -1.52. The Hall–Kier alpha value is -2.63. The van der Waals surface area contributed by atoms with Gasteiger partial charge in [-0.2, -0.15) is 0 Å². The van der Waals surface area contributed by atoms with Crippen molar-refractivity contribution in [3.05, 3.63) is 41.5 Å².